The van der Waals surface area contributed by atoms with Gasteiger partial charge in [0, 0.05) is 19.7 Å². The van der Waals surface area contributed by atoms with E-state index in [0.717, 1.165) is 18.5 Å². The quantitative estimate of drug-likeness (QED) is 0.779. The van der Waals surface area contributed by atoms with Crippen molar-refractivity contribution in [1.29, 1.82) is 0 Å². The summed E-state index contributed by atoms with van der Waals surface area (Å²) < 4.78 is 1.62. The molecule has 0 amide bonds. The van der Waals surface area contributed by atoms with E-state index in [-0.39, 0.29) is 5.78 Å². The normalized spacial score (nSPS) is 10.5. The molecule has 0 saturated carbocycles. The summed E-state index contributed by atoms with van der Waals surface area (Å²) in [7, 11) is 1.80. The number of carbonyl (C=O) groups is 1. The molecule has 0 spiro atoms. The summed E-state index contributed by atoms with van der Waals surface area (Å²) in [6, 6.07) is 10.2. The second-order valence-electron chi connectivity index (χ2n) is 4.44. The standard InChI is InChI=1S/C14H17N3O/c1-17-11-13(15-16-17)10-14(18)9-5-8-12-6-3-2-4-7-12/h2-4,6-7,11H,5,8-10H2,1H3. The molecule has 2 aromatic rings. The van der Waals surface area contributed by atoms with Gasteiger partial charge < -0.3 is 0 Å². The molecule has 0 radical (unpaired) electrons. The van der Waals surface area contributed by atoms with Crippen LogP contribution in [0, 0.1) is 0 Å². The van der Waals surface area contributed by atoms with Crippen LogP contribution in [-0.4, -0.2) is 20.8 Å². The largest absolute Gasteiger partial charge is 0.299 e. The number of rotatable bonds is 6. The summed E-state index contributed by atoms with van der Waals surface area (Å²) in [5.74, 6) is 0.228. The Kier molecular flexibility index (Phi) is 4.23. The Bertz CT molecular complexity index is 505. The van der Waals surface area contributed by atoms with Crippen LogP contribution >= 0.6 is 0 Å². The van der Waals surface area contributed by atoms with E-state index in [4.69, 9.17) is 0 Å². The van der Waals surface area contributed by atoms with Gasteiger partial charge in [0.15, 0.2) is 0 Å². The van der Waals surface area contributed by atoms with E-state index in [1.54, 1.807) is 17.9 Å². The molecule has 4 heteroatoms. The highest BCUT2D eigenvalue weighted by atomic mass is 16.1. The molecule has 94 valence electrons. The summed E-state index contributed by atoms with van der Waals surface area (Å²) in [4.78, 5) is 11.7. The fourth-order valence-corrected chi connectivity index (χ4v) is 1.90. The molecule has 0 aliphatic heterocycles. The lowest BCUT2D eigenvalue weighted by Gasteiger charge is -2.00. The summed E-state index contributed by atoms with van der Waals surface area (Å²) in [5, 5.41) is 7.73. The van der Waals surface area contributed by atoms with E-state index in [9.17, 15) is 4.79 Å². The zero-order chi connectivity index (χ0) is 12.8. The van der Waals surface area contributed by atoms with E-state index >= 15 is 0 Å². The van der Waals surface area contributed by atoms with Crippen LogP contribution in [0.15, 0.2) is 36.5 Å². The highest BCUT2D eigenvalue weighted by Gasteiger charge is 2.06. The topological polar surface area (TPSA) is 47.8 Å². The molecule has 2 rings (SSSR count). The number of nitrogens with zero attached hydrogens (tertiary/aromatic N) is 3. The van der Waals surface area contributed by atoms with Crippen molar-refractivity contribution < 1.29 is 4.79 Å². The van der Waals surface area contributed by atoms with Crippen molar-refractivity contribution in [2.24, 2.45) is 7.05 Å². The molecule has 0 N–H and O–H groups in total. The van der Waals surface area contributed by atoms with Gasteiger partial charge in [0.1, 0.15) is 5.78 Å². The number of benzene rings is 1. The predicted molar refractivity (Wildman–Crippen MR) is 69.1 cm³/mol. The monoisotopic (exact) mass is 243 g/mol. The summed E-state index contributed by atoms with van der Waals surface area (Å²) in [5.41, 5.74) is 2.03. The van der Waals surface area contributed by atoms with Crippen LogP contribution in [0.5, 0.6) is 0 Å². The maximum atomic E-state index is 11.7. The Labute approximate surface area is 107 Å². The third-order valence-corrected chi connectivity index (χ3v) is 2.79. The highest BCUT2D eigenvalue weighted by Crippen LogP contribution is 2.06. The summed E-state index contributed by atoms with van der Waals surface area (Å²) in [6.07, 6.45) is 4.62. The molecule has 0 fully saturated rings. The number of carbonyl (C=O) groups excluding carboxylic acids is 1. The van der Waals surface area contributed by atoms with Gasteiger partial charge in [-0.2, -0.15) is 0 Å². The Hall–Kier alpha value is -1.97. The molecular weight excluding hydrogens is 226 g/mol. The Morgan fingerprint density at radius 3 is 2.72 bits per heavy atom. The van der Waals surface area contributed by atoms with Crippen molar-refractivity contribution in [2.45, 2.75) is 25.7 Å². The minimum atomic E-state index is 0.228. The third-order valence-electron chi connectivity index (χ3n) is 2.79. The van der Waals surface area contributed by atoms with Crippen molar-refractivity contribution in [1.82, 2.24) is 15.0 Å². The molecule has 0 aliphatic rings. The Balaban J connectivity index is 1.72. The van der Waals surface area contributed by atoms with Gasteiger partial charge >= 0.3 is 0 Å². The van der Waals surface area contributed by atoms with Crippen molar-refractivity contribution in [3.63, 3.8) is 0 Å². The minimum absolute atomic E-state index is 0.228. The molecule has 1 aromatic carbocycles. The van der Waals surface area contributed by atoms with Crippen LogP contribution in [0.3, 0.4) is 0 Å². The van der Waals surface area contributed by atoms with Gasteiger partial charge in [-0.1, -0.05) is 35.5 Å². The second kappa shape index (κ2) is 6.10. The molecular formula is C14H17N3O. The number of hydrogen-bond donors (Lipinski definition) is 0. The zero-order valence-corrected chi connectivity index (χ0v) is 10.5. The van der Waals surface area contributed by atoms with E-state index in [0.29, 0.717) is 12.8 Å². The fourth-order valence-electron chi connectivity index (χ4n) is 1.90. The lowest BCUT2D eigenvalue weighted by molar-refractivity contribution is -0.118. The Morgan fingerprint density at radius 1 is 1.28 bits per heavy atom. The number of ketones is 1. The highest BCUT2D eigenvalue weighted by molar-refractivity contribution is 5.80. The first-order valence-electron chi connectivity index (χ1n) is 6.15. The molecule has 1 aromatic heterocycles. The van der Waals surface area contributed by atoms with Gasteiger partial charge in [-0.25, -0.2) is 0 Å². The average Bonchev–Trinajstić information content (AvgIpc) is 2.76. The van der Waals surface area contributed by atoms with Crippen molar-refractivity contribution in [2.75, 3.05) is 0 Å². The zero-order valence-electron chi connectivity index (χ0n) is 10.5. The summed E-state index contributed by atoms with van der Waals surface area (Å²) in [6.45, 7) is 0. The van der Waals surface area contributed by atoms with Crippen LogP contribution in [0.25, 0.3) is 0 Å². The lowest BCUT2D eigenvalue weighted by atomic mass is 10.0. The number of Topliss-reactive ketones (excluding diaryl/α,β-unsaturated/α-hetero) is 1. The van der Waals surface area contributed by atoms with Crippen LogP contribution in [0.1, 0.15) is 24.1 Å². The maximum absolute atomic E-state index is 11.7. The van der Waals surface area contributed by atoms with Crippen LogP contribution < -0.4 is 0 Å². The predicted octanol–water partition coefficient (Wildman–Crippen LogP) is 1.95. The van der Waals surface area contributed by atoms with E-state index in [1.807, 2.05) is 18.2 Å². The number of hydrogen-bond acceptors (Lipinski definition) is 3. The molecule has 0 unspecified atom stereocenters. The summed E-state index contributed by atoms with van der Waals surface area (Å²) >= 11 is 0. The first-order valence-corrected chi connectivity index (χ1v) is 6.15. The minimum Gasteiger partial charge on any atom is -0.299 e. The molecule has 0 saturated heterocycles. The number of aromatic nitrogens is 3. The van der Waals surface area contributed by atoms with E-state index < -0.39 is 0 Å². The molecule has 4 nitrogen and oxygen atoms in total. The molecule has 0 aliphatic carbocycles. The van der Waals surface area contributed by atoms with Gasteiger partial charge in [0.25, 0.3) is 0 Å². The van der Waals surface area contributed by atoms with Crippen LogP contribution in [-0.2, 0) is 24.7 Å². The molecule has 1 heterocycles. The first-order chi connectivity index (χ1) is 8.74. The van der Waals surface area contributed by atoms with Crippen molar-refractivity contribution >= 4 is 5.78 Å². The molecule has 0 atom stereocenters. The average molecular weight is 243 g/mol. The maximum Gasteiger partial charge on any atom is 0.138 e. The van der Waals surface area contributed by atoms with E-state index in [1.165, 1.54) is 5.56 Å². The van der Waals surface area contributed by atoms with Gasteiger partial charge in [0.2, 0.25) is 0 Å². The van der Waals surface area contributed by atoms with Gasteiger partial charge in [-0.3, -0.25) is 9.48 Å². The lowest BCUT2D eigenvalue weighted by Crippen LogP contribution is -2.03. The van der Waals surface area contributed by atoms with Gasteiger partial charge in [-0.05, 0) is 18.4 Å². The Morgan fingerprint density at radius 2 is 2.06 bits per heavy atom. The SMILES string of the molecule is Cn1cc(CC(=O)CCCc2ccccc2)nn1. The first kappa shape index (κ1) is 12.5. The van der Waals surface area contributed by atoms with Crippen molar-refractivity contribution in [3.8, 4) is 0 Å². The second-order valence-corrected chi connectivity index (χ2v) is 4.44. The third kappa shape index (κ3) is 3.80. The molecule has 18 heavy (non-hydrogen) atoms. The fraction of sp³-hybridized carbons (Fsp3) is 0.357. The molecule has 0 bridgehead atoms. The van der Waals surface area contributed by atoms with Crippen LogP contribution in [0.2, 0.25) is 0 Å². The smallest absolute Gasteiger partial charge is 0.138 e. The van der Waals surface area contributed by atoms with Gasteiger partial charge in [-0.15, -0.1) is 5.10 Å². The van der Waals surface area contributed by atoms with Crippen LogP contribution in [0.4, 0.5) is 0 Å². The van der Waals surface area contributed by atoms with Gasteiger partial charge in [0.05, 0.1) is 12.1 Å². The van der Waals surface area contributed by atoms with Crippen molar-refractivity contribution in [3.05, 3.63) is 47.8 Å². The van der Waals surface area contributed by atoms with E-state index in [2.05, 4.69) is 22.4 Å². The number of aryl methyl sites for hydroxylation is 2.